The van der Waals surface area contributed by atoms with Crippen LogP contribution in [-0.4, -0.2) is 23.3 Å². The molecule has 1 heterocycles. The van der Waals surface area contributed by atoms with Gasteiger partial charge in [0.1, 0.15) is 4.92 Å². The summed E-state index contributed by atoms with van der Waals surface area (Å²) in [6.45, 7) is 1.54. The van der Waals surface area contributed by atoms with Crippen LogP contribution in [0.25, 0.3) is 0 Å². The van der Waals surface area contributed by atoms with Gasteiger partial charge in [-0.25, -0.2) is 4.79 Å². The third-order valence-electron chi connectivity index (χ3n) is 2.99. The molecule has 0 saturated carbocycles. The molecule has 0 aliphatic rings. The molecular formula is C15H13NO6. The van der Waals surface area contributed by atoms with Crippen molar-refractivity contribution in [3.8, 4) is 0 Å². The van der Waals surface area contributed by atoms with Gasteiger partial charge in [-0.3, -0.25) is 14.9 Å². The number of Topliss-reactive ketones (excluding diaryl/α,β-unsaturated/α-hetero) is 1. The van der Waals surface area contributed by atoms with E-state index in [0.29, 0.717) is 5.56 Å². The average Bonchev–Trinajstić information content (AvgIpc) is 3.02. The molecule has 0 N–H and O–H groups in total. The fourth-order valence-corrected chi connectivity index (χ4v) is 1.75. The zero-order valence-electron chi connectivity index (χ0n) is 11.8. The van der Waals surface area contributed by atoms with Crippen LogP contribution < -0.4 is 0 Å². The molecule has 0 bridgehead atoms. The largest absolute Gasteiger partial charge is 0.451 e. The predicted molar refractivity (Wildman–Crippen MR) is 75.8 cm³/mol. The van der Waals surface area contributed by atoms with Crippen LogP contribution in [0.15, 0.2) is 40.8 Å². The molecule has 7 heteroatoms. The number of furan rings is 1. The number of ether oxygens (including phenoxy) is 1. The number of hydrogen-bond donors (Lipinski definition) is 0. The summed E-state index contributed by atoms with van der Waals surface area (Å²) in [6.07, 6.45) is 0.862. The Balaban J connectivity index is 1.94. The van der Waals surface area contributed by atoms with E-state index in [1.807, 2.05) is 19.1 Å². The number of ketones is 1. The Bertz CT molecular complexity index is 701. The highest BCUT2D eigenvalue weighted by molar-refractivity contribution is 5.98. The smallest absolute Gasteiger partial charge is 0.433 e. The highest BCUT2D eigenvalue weighted by Crippen LogP contribution is 2.16. The van der Waals surface area contributed by atoms with Crippen molar-refractivity contribution >= 4 is 17.6 Å². The second kappa shape index (κ2) is 6.66. The lowest BCUT2D eigenvalue weighted by Gasteiger charge is -2.03. The lowest BCUT2D eigenvalue weighted by Crippen LogP contribution is -2.13. The van der Waals surface area contributed by atoms with Crippen LogP contribution in [0.4, 0.5) is 5.88 Å². The number of esters is 1. The zero-order chi connectivity index (χ0) is 16.1. The Hall–Kier alpha value is -2.96. The van der Waals surface area contributed by atoms with Gasteiger partial charge in [0.25, 0.3) is 0 Å². The Morgan fingerprint density at radius 1 is 1.18 bits per heavy atom. The maximum atomic E-state index is 11.9. The molecule has 0 spiro atoms. The van der Waals surface area contributed by atoms with Crippen molar-refractivity contribution in [3.05, 3.63) is 63.4 Å². The molecule has 2 aromatic rings. The number of rotatable bonds is 6. The number of benzene rings is 1. The molecule has 0 atom stereocenters. The van der Waals surface area contributed by atoms with Gasteiger partial charge < -0.3 is 9.15 Å². The minimum atomic E-state index is -0.924. The van der Waals surface area contributed by atoms with Crippen molar-refractivity contribution in [2.45, 2.75) is 13.3 Å². The van der Waals surface area contributed by atoms with Gasteiger partial charge in [0.15, 0.2) is 12.4 Å². The third kappa shape index (κ3) is 3.57. The summed E-state index contributed by atoms with van der Waals surface area (Å²) in [5.41, 5.74) is 1.52. The molecule has 0 aliphatic carbocycles. The van der Waals surface area contributed by atoms with Crippen LogP contribution >= 0.6 is 0 Å². The van der Waals surface area contributed by atoms with Gasteiger partial charge in [0.2, 0.25) is 5.76 Å². The van der Waals surface area contributed by atoms with Crippen LogP contribution in [-0.2, 0) is 11.2 Å². The lowest BCUT2D eigenvalue weighted by molar-refractivity contribution is -0.402. The van der Waals surface area contributed by atoms with Crippen LogP contribution in [0.1, 0.15) is 33.4 Å². The van der Waals surface area contributed by atoms with E-state index in [2.05, 4.69) is 0 Å². The Morgan fingerprint density at radius 3 is 2.41 bits per heavy atom. The van der Waals surface area contributed by atoms with Crippen molar-refractivity contribution < 1.29 is 23.7 Å². The van der Waals surface area contributed by atoms with Gasteiger partial charge in [-0.2, -0.15) is 0 Å². The van der Waals surface area contributed by atoms with E-state index >= 15 is 0 Å². The van der Waals surface area contributed by atoms with E-state index in [-0.39, 0.29) is 11.5 Å². The van der Waals surface area contributed by atoms with E-state index in [4.69, 9.17) is 9.15 Å². The highest BCUT2D eigenvalue weighted by atomic mass is 16.7. The van der Waals surface area contributed by atoms with Gasteiger partial charge in [0.05, 0.1) is 6.07 Å². The van der Waals surface area contributed by atoms with Gasteiger partial charge in [0, 0.05) is 5.56 Å². The van der Waals surface area contributed by atoms with Gasteiger partial charge in [-0.1, -0.05) is 31.2 Å². The number of aryl methyl sites for hydroxylation is 1. The molecule has 0 fully saturated rings. The minimum absolute atomic E-state index is 0.319. The topological polar surface area (TPSA) is 99.7 Å². The van der Waals surface area contributed by atoms with E-state index in [1.54, 1.807) is 12.1 Å². The fourth-order valence-electron chi connectivity index (χ4n) is 1.75. The van der Waals surface area contributed by atoms with Crippen LogP contribution in [0.2, 0.25) is 0 Å². The second-order valence-corrected chi connectivity index (χ2v) is 4.44. The minimum Gasteiger partial charge on any atom is -0.451 e. The van der Waals surface area contributed by atoms with Gasteiger partial charge in [-0.15, -0.1) is 0 Å². The zero-order valence-corrected chi connectivity index (χ0v) is 11.8. The number of hydrogen-bond acceptors (Lipinski definition) is 6. The van der Waals surface area contributed by atoms with Crippen molar-refractivity contribution in [2.75, 3.05) is 6.61 Å². The molecular weight excluding hydrogens is 290 g/mol. The lowest BCUT2D eigenvalue weighted by atomic mass is 10.1. The summed E-state index contributed by atoms with van der Waals surface area (Å²) in [5.74, 6) is -2.17. The molecule has 0 radical (unpaired) electrons. The molecule has 0 saturated heterocycles. The molecule has 1 aromatic heterocycles. The standard InChI is InChI=1S/C15H13NO6/c1-2-10-3-5-11(6-4-10)12(17)9-21-15(18)13-7-8-14(22-13)16(19)20/h3-8H,2,9H2,1H3. The normalized spacial score (nSPS) is 10.2. The molecule has 114 valence electrons. The van der Waals surface area contributed by atoms with Crippen molar-refractivity contribution in [3.63, 3.8) is 0 Å². The predicted octanol–water partition coefficient (Wildman–Crippen LogP) is 2.79. The summed E-state index contributed by atoms with van der Waals surface area (Å²) in [5, 5.41) is 10.4. The van der Waals surface area contributed by atoms with Crippen molar-refractivity contribution in [2.24, 2.45) is 0 Å². The second-order valence-electron chi connectivity index (χ2n) is 4.44. The van der Waals surface area contributed by atoms with E-state index < -0.39 is 23.4 Å². The quantitative estimate of drug-likeness (QED) is 0.352. The van der Waals surface area contributed by atoms with Crippen LogP contribution in [0, 0.1) is 10.1 Å². The first-order valence-electron chi connectivity index (χ1n) is 6.54. The van der Waals surface area contributed by atoms with Crippen LogP contribution in [0.5, 0.6) is 0 Å². The SMILES string of the molecule is CCc1ccc(C(=O)COC(=O)c2ccc([N+](=O)[O-])o2)cc1. The molecule has 0 unspecified atom stereocenters. The monoisotopic (exact) mass is 303 g/mol. The maximum Gasteiger partial charge on any atom is 0.433 e. The molecule has 7 nitrogen and oxygen atoms in total. The first kappa shape index (κ1) is 15.4. The van der Waals surface area contributed by atoms with Crippen molar-refractivity contribution in [1.82, 2.24) is 0 Å². The number of nitro groups is 1. The number of carbonyl (C=O) groups excluding carboxylic acids is 2. The van der Waals surface area contributed by atoms with Crippen LogP contribution in [0.3, 0.4) is 0 Å². The van der Waals surface area contributed by atoms with E-state index in [9.17, 15) is 19.7 Å². The number of nitrogens with zero attached hydrogens (tertiary/aromatic N) is 1. The molecule has 0 aliphatic heterocycles. The summed E-state index contributed by atoms with van der Waals surface area (Å²) < 4.78 is 9.48. The number of carbonyl (C=O) groups is 2. The Morgan fingerprint density at radius 2 is 1.86 bits per heavy atom. The average molecular weight is 303 g/mol. The first-order valence-corrected chi connectivity index (χ1v) is 6.54. The Kier molecular flexibility index (Phi) is 4.67. The fraction of sp³-hybridized carbons (Fsp3) is 0.200. The summed E-state index contributed by atoms with van der Waals surface area (Å²) in [7, 11) is 0. The summed E-state index contributed by atoms with van der Waals surface area (Å²) >= 11 is 0. The van der Waals surface area contributed by atoms with Gasteiger partial charge in [-0.05, 0) is 18.1 Å². The van der Waals surface area contributed by atoms with E-state index in [1.165, 1.54) is 0 Å². The maximum absolute atomic E-state index is 11.9. The van der Waals surface area contributed by atoms with Crippen molar-refractivity contribution in [1.29, 1.82) is 0 Å². The summed E-state index contributed by atoms with van der Waals surface area (Å²) in [6, 6.07) is 9.14. The Labute approximate surface area is 125 Å². The molecule has 1 aromatic carbocycles. The highest BCUT2D eigenvalue weighted by Gasteiger charge is 2.19. The molecule has 22 heavy (non-hydrogen) atoms. The van der Waals surface area contributed by atoms with Gasteiger partial charge >= 0.3 is 11.9 Å². The first-order chi connectivity index (χ1) is 10.5. The third-order valence-corrected chi connectivity index (χ3v) is 2.99. The molecule has 2 rings (SSSR count). The van der Waals surface area contributed by atoms with E-state index in [0.717, 1.165) is 24.1 Å². The summed E-state index contributed by atoms with van der Waals surface area (Å²) in [4.78, 5) is 33.2. The molecule has 0 amide bonds.